The number of imidazole rings is 1. The van der Waals surface area contributed by atoms with Gasteiger partial charge in [0.15, 0.2) is 5.82 Å². The molecule has 2 aromatic heterocycles. The number of aliphatic hydroxyl groups is 1. The molecule has 0 radical (unpaired) electrons. The van der Waals surface area contributed by atoms with Crippen molar-refractivity contribution in [3.63, 3.8) is 0 Å². The molecule has 2 fully saturated rings. The lowest BCUT2D eigenvalue weighted by Crippen LogP contribution is -2.30. The molecule has 2 saturated heterocycles. The molecule has 3 aromatic rings. The van der Waals surface area contributed by atoms with Gasteiger partial charge in [-0.2, -0.15) is 0 Å². The Morgan fingerprint density at radius 1 is 1.04 bits per heavy atom. The smallest absolute Gasteiger partial charge is 0.159 e. The van der Waals surface area contributed by atoms with Crippen LogP contribution in [0.5, 0.6) is 0 Å². The monoisotopic (exact) mass is 364 g/mol. The van der Waals surface area contributed by atoms with E-state index in [9.17, 15) is 5.11 Å². The summed E-state index contributed by atoms with van der Waals surface area (Å²) in [5, 5.41) is 9.97. The predicted octanol–water partition coefficient (Wildman–Crippen LogP) is 2.02. The molecule has 7 heteroatoms. The van der Waals surface area contributed by atoms with Crippen LogP contribution in [0, 0.1) is 6.92 Å². The van der Waals surface area contributed by atoms with Gasteiger partial charge in [0.2, 0.25) is 0 Å². The van der Waals surface area contributed by atoms with Gasteiger partial charge in [-0.1, -0.05) is 24.3 Å². The van der Waals surface area contributed by atoms with Gasteiger partial charge in [-0.05, 0) is 12.5 Å². The molecule has 5 rings (SSSR count). The summed E-state index contributed by atoms with van der Waals surface area (Å²) in [5.41, 5.74) is 2.99. The second kappa shape index (κ2) is 6.53. The maximum atomic E-state index is 9.97. The molecule has 138 valence electrons. The first-order valence-corrected chi connectivity index (χ1v) is 9.05. The number of nitrogens with zero attached hydrogens (tertiary/aromatic N) is 4. The quantitative estimate of drug-likeness (QED) is 0.766. The molecule has 4 heterocycles. The van der Waals surface area contributed by atoms with Crippen LogP contribution >= 0.6 is 0 Å². The molecule has 7 nitrogen and oxygen atoms in total. The van der Waals surface area contributed by atoms with Crippen molar-refractivity contribution in [2.24, 2.45) is 0 Å². The van der Waals surface area contributed by atoms with Gasteiger partial charge >= 0.3 is 0 Å². The van der Waals surface area contributed by atoms with E-state index in [2.05, 4.69) is 15.0 Å². The van der Waals surface area contributed by atoms with Gasteiger partial charge in [-0.3, -0.25) is 0 Å². The Morgan fingerprint density at radius 3 is 2.63 bits per heavy atom. The zero-order valence-electron chi connectivity index (χ0n) is 14.9. The van der Waals surface area contributed by atoms with Crippen molar-refractivity contribution in [1.29, 1.82) is 0 Å². The minimum absolute atomic E-state index is 0.0271. The van der Waals surface area contributed by atoms with Gasteiger partial charge in [0.1, 0.15) is 24.1 Å². The summed E-state index contributed by atoms with van der Waals surface area (Å²) < 4.78 is 13.5. The minimum atomic E-state index is -0.566. The Morgan fingerprint density at radius 2 is 1.81 bits per heavy atom. The van der Waals surface area contributed by atoms with Crippen LogP contribution < -0.4 is 0 Å². The lowest BCUT2D eigenvalue weighted by Gasteiger charge is -2.19. The van der Waals surface area contributed by atoms with Crippen molar-refractivity contribution < 1.29 is 14.6 Å². The number of benzene rings is 1. The second-order valence-electron chi connectivity index (χ2n) is 7.00. The van der Waals surface area contributed by atoms with E-state index >= 15 is 0 Å². The first-order chi connectivity index (χ1) is 13.2. The van der Waals surface area contributed by atoms with Crippen molar-refractivity contribution in [3.05, 3.63) is 54.6 Å². The molecule has 0 unspecified atom stereocenters. The Kier molecular flexibility index (Phi) is 4.00. The summed E-state index contributed by atoms with van der Waals surface area (Å²) in [4.78, 5) is 13.6. The van der Waals surface area contributed by atoms with Gasteiger partial charge in [-0.15, -0.1) is 0 Å². The van der Waals surface area contributed by atoms with Crippen LogP contribution in [0.25, 0.3) is 22.8 Å². The number of aromatic nitrogens is 4. The molecule has 2 aliphatic rings. The van der Waals surface area contributed by atoms with Gasteiger partial charge < -0.3 is 19.1 Å². The molecule has 0 bridgehead atoms. The van der Waals surface area contributed by atoms with Gasteiger partial charge in [-0.25, -0.2) is 15.0 Å². The lowest BCUT2D eigenvalue weighted by atomic mass is 10.1. The largest absolute Gasteiger partial charge is 0.388 e. The molecule has 1 aromatic carbocycles. The highest BCUT2D eigenvalue weighted by Gasteiger charge is 2.48. The molecule has 0 spiro atoms. The Labute approximate surface area is 156 Å². The van der Waals surface area contributed by atoms with E-state index < -0.39 is 6.10 Å². The van der Waals surface area contributed by atoms with Gasteiger partial charge in [0.25, 0.3) is 0 Å². The van der Waals surface area contributed by atoms with Crippen LogP contribution in [0.2, 0.25) is 0 Å². The van der Waals surface area contributed by atoms with Crippen LogP contribution in [0.3, 0.4) is 0 Å². The van der Waals surface area contributed by atoms with Gasteiger partial charge in [0.05, 0.1) is 24.8 Å². The highest BCUT2D eigenvalue weighted by Crippen LogP contribution is 2.36. The highest BCUT2D eigenvalue weighted by atomic mass is 16.6. The first-order valence-electron chi connectivity index (χ1n) is 9.05. The Bertz CT molecular complexity index is 956. The van der Waals surface area contributed by atoms with E-state index in [4.69, 9.17) is 9.47 Å². The van der Waals surface area contributed by atoms with E-state index in [-0.39, 0.29) is 18.2 Å². The topological polar surface area (TPSA) is 82.3 Å². The van der Waals surface area contributed by atoms with E-state index in [0.717, 1.165) is 22.5 Å². The zero-order valence-corrected chi connectivity index (χ0v) is 14.9. The Balaban J connectivity index is 1.45. The van der Waals surface area contributed by atoms with Crippen molar-refractivity contribution in [2.75, 3.05) is 13.2 Å². The van der Waals surface area contributed by atoms with Gasteiger partial charge in [0, 0.05) is 30.4 Å². The van der Waals surface area contributed by atoms with Crippen LogP contribution in [-0.2, 0) is 9.47 Å². The summed E-state index contributed by atoms with van der Waals surface area (Å²) >= 11 is 0. The number of rotatable bonds is 3. The number of ether oxygens (including phenoxy) is 2. The normalized spacial score (nSPS) is 27.0. The number of aryl methyl sites for hydroxylation is 1. The average Bonchev–Trinajstić information content (AvgIpc) is 3.40. The third-order valence-corrected chi connectivity index (χ3v) is 5.32. The van der Waals surface area contributed by atoms with Crippen LogP contribution in [0.4, 0.5) is 0 Å². The molecule has 27 heavy (non-hydrogen) atoms. The molecule has 0 amide bonds. The average molecular weight is 364 g/mol. The molecule has 2 aliphatic heterocycles. The SMILES string of the molecule is Cc1ccccc1-c1ncc(-c2nccn2[C@H]2CO[C@H]3[C@@H]2OC[C@H]3O)cn1. The summed E-state index contributed by atoms with van der Waals surface area (Å²) in [6.45, 7) is 2.84. The lowest BCUT2D eigenvalue weighted by molar-refractivity contribution is 0.0172. The highest BCUT2D eigenvalue weighted by molar-refractivity contribution is 5.62. The summed E-state index contributed by atoms with van der Waals surface area (Å²) in [5.74, 6) is 1.46. The standard InChI is InChI=1S/C20H20N4O3/c1-12-4-2-3-5-14(12)19-22-8-13(9-23-19)20-21-6-7-24(20)15-10-26-18-16(25)11-27-17(15)18/h2-9,15-18,25H,10-11H2,1H3/t15-,16+,17+,18+/m0/s1. The summed E-state index contributed by atoms with van der Waals surface area (Å²) in [6, 6.07) is 8.03. The molecular weight excluding hydrogens is 344 g/mol. The van der Waals surface area contributed by atoms with Crippen LogP contribution in [0.15, 0.2) is 49.1 Å². The van der Waals surface area contributed by atoms with E-state index in [1.165, 1.54) is 0 Å². The fourth-order valence-electron chi connectivity index (χ4n) is 3.91. The molecule has 1 N–H and O–H groups in total. The summed E-state index contributed by atoms with van der Waals surface area (Å²) in [6.07, 6.45) is 6.25. The predicted molar refractivity (Wildman–Crippen MR) is 97.9 cm³/mol. The van der Waals surface area contributed by atoms with Crippen molar-refractivity contribution in [1.82, 2.24) is 19.5 Å². The van der Waals surface area contributed by atoms with Crippen LogP contribution in [0.1, 0.15) is 11.6 Å². The number of fused-ring (bicyclic) bond motifs is 1. The number of hydrogen-bond donors (Lipinski definition) is 1. The maximum Gasteiger partial charge on any atom is 0.159 e. The van der Waals surface area contributed by atoms with E-state index in [0.29, 0.717) is 19.0 Å². The third kappa shape index (κ3) is 2.75. The fourth-order valence-corrected chi connectivity index (χ4v) is 3.91. The van der Waals surface area contributed by atoms with Crippen molar-refractivity contribution in [2.45, 2.75) is 31.3 Å². The second-order valence-corrected chi connectivity index (χ2v) is 7.00. The third-order valence-electron chi connectivity index (χ3n) is 5.32. The maximum absolute atomic E-state index is 9.97. The fraction of sp³-hybridized carbons (Fsp3) is 0.350. The van der Waals surface area contributed by atoms with Crippen LogP contribution in [-0.4, -0.2) is 56.2 Å². The van der Waals surface area contributed by atoms with E-state index in [1.54, 1.807) is 18.6 Å². The number of hydrogen-bond acceptors (Lipinski definition) is 6. The molecule has 4 atom stereocenters. The Hall–Kier alpha value is -2.61. The zero-order chi connectivity index (χ0) is 18.4. The minimum Gasteiger partial charge on any atom is -0.388 e. The van der Waals surface area contributed by atoms with Crippen molar-refractivity contribution >= 4 is 0 Å². The molecule has 0 saturated carbocycles. The number of aliphatic hydroxyl groups excluding tert-OH is 1. The van der Waals surface area contributed by atoms with Crippen molar-refractivity contribution in [3.8, 4) is 22.8 Å². The molecular formula is C20H20N4O3. The summed E-state index contributed by atoms with van der Waals surface area (Å²) in [7, 11) is 0. The molecule has 0 aliphatic carbocycles. The van der Waals surface area contributed by atoms with E-state index in [1.807, 2.05) is 42.0 Å². The first kappa shape index (κ1) is 16.6.